The van der Waals surface area contributed by atoms with Crippen molar-refractivity contribution in [2.45, 2.75) is 46.5 Å². The van der Waals surface area contributed by atoms with Gasteiger partial charge in [0.2, 0.25) is 5.82 Å². The number of nitriles is 1. The first-order valence-electron chi connectivity index (χ1n) is 11.8. The van der Waals surface area contributed by atoms with Crippen LogP contribution in [0.3, 0.4) is 0 Å². The third-order valence-electron chi connectivity index (χ3n) is 6.01. The number of nitrogens with one attached hydrogen (secondary N) is 1. The van der Waals surface area contributed by atoms with Crippen molar-refractivity contribution in [2.24, 2.45) is 5.41 Å². The zero-order chi connectivity index (χ0) is 24.7. The van der Waals surface area contributed by atoms with Crippen LogP contribution in [-0.2, 0) is 4.74 Å². The molecule has 1 aliphatic heterocycles. The van der Waals surface area contributed by atoms with Gasteiger partial charge >= 0.3 is 0 Å². The number of anilines is 1. The number of methoxy groups -OCH3 is 1. The minimum absolute atomic E-state index is 0.0754. The zero-order valence-electron chi connectivity index (χ0n) is 21.0. The number of piperidine rings is 1. The van der Waals surface area contributed by atoms with E-state index in [1.807, 2.05) is 25.1 Å². The van der Waals surface area contributed by atoms with Crippen molar-refractivity contribution >= 4 is 11.7 Å². The number of hydrazine groups is 1. The number of aromatic nitrogens is 2. The van der Waals surface area contributed by atoms with E-state index in [4.69, 9.17) is 4.74 Å². The van der Waals surface area contributed by atoms with Crippen LogP contribution < -0.4 is 10.4 Å². The second-order valence-corrected chi connectivity index (χ2v) is 10.1. The van der Waals surface area contributed by atoms with Gasteiger partial charge in [0.25, 0.3) is 5.91 Å². The van der Waals surface area contributed by atoms with Gasteiger partial charge in [0, 0.05) is 37.5 Å². The number of aryl methyl sites for hydroxylation is 1. The van der Waals surface area contributed by atoms with Gasteiger partial charge in [0.1, 0.15) is 6.07 Å². The molecule has 0 saturated carbocycles. The van der Waals surface area contributed by atoms with Crippen molar-refractivity contribution in [1.29, 1.82) is 5.26 Å². The van der Waals surface area contributed by atoms with Gasteiger partial charge < -0.3 is 9.64 Å². The normalized spacial score (nSPS) is 15.1. The molecule has 3 rings (SSSR count). The van der Waals surface area contributed by atoms with Crippen LogP contribution in [0.15, 0.2) is 30.5 Å². The summed E-state index contributed by atoms with van der Waals surface area (Å²) in [4.78, 5) is 23.9. The number of likely N-dealkylation sites (tertiary alicyclic amines) is 1. The maximum absolute atomic E-state index is 13.1. The lowest BCUT2D eigenvalue weighted by atomic mass is 9.89. The number of carbonyl (C=O) groups is 1. The fraction of sp³-hybridized carbons (Fsp3) is 0.538. The Kier molecular flexibility index (Phi) is 8.59. The Morgan fingerprint density at radius 1 is 1.26 bits per heavy atom. The van der Waals surface area contributed by atoms with E-state index < -0.39 is 0 Å². The fourth-order valence-corrected chi connectivity index (χ4v) is 4.21. The second-order valence-electron chi connectivity index (χ2n) is 10.1. The summed E-state index contributed by atoms with van der Waals surface area (Å²) in [7, 11) is 1.74. The number of ether oxygens (including phenoxy) is 1. The average Bonchev–Trinajstić information content (AvgIpc) is 2.82. The first-order chi connectivity index (χ1) is 16.2. The predicted octanol–water partition coefficient (Wildman–Crippen LogP) is 3.68. The third-order valence-corrected chi connectivity index (χ3v) is 6.01. The van der Waals surface area contributed by atoms with Crippen LogP contribution in [0.25, 0.3) is 0 Å². The molecule has 1 aliphatic rings. The lowest BCUT2D eigenvalue weighted by molar-refractivity contribution is 0.0945. The Labute approximate surface area is 202 Å². The van der Waals surface area contributed by atoms with Crippen LogP contribution in [0.5, 0.6) is 0 Å². The highest BCUT2D eigenvalue weighted by atomic mass is 16.5. The van der Waals surface area contributed by atoms with Crippen LogP contribution in [-0.4, -0.2) is 60.7 Å². The molecule has 0 unspecified atom stereocenters. The van der Waals surface area contributed by atoms with Crippen molar-refractivity contribution in [2.75, 3.05) is 44.9 Å². The van der Waals surface area contributed by atoms with Crippen LogP contribution in [0, 0.1) is 23.7 Å². The smallest absolute Gasteiger partial charge is 0.269 e. The number of hydrogen-bond donors (Lipinski definition) is 1. The fourth-order valence-electron chi connectivity index (χ4n) is 4.21. The van der Waals surface area contributed by atoms with E-state index in [-0.39, 0.29) is 17.1 Å². The van der Waals surface area contributed by atoms with E-state index >= 15 is 0 Å². The van der Waals surface area contributed by atoms with Gasteiger partial charge in [-0.2, -0.15) is 10.2 Å². The third kappa shape index (κ3) is 6.99. The first kappa shape index (κ1) is 25.6. The summed E-state index contributed by atoms with van der Waals surface area (Å²) >= 11 is 0. The largest absolute Gasteiger partial charge is 0.383 e. The van der Waals surface area contributed by atoms with Gasteiger partial charge in [-0.05, 0) is 61.9 Å². The van der Waals surface area contributed by atoms with Crippen LogP contribution in [0.1, 0.15) is 66.8 Å². The number of rotatable bonds is 8. The molecule has 1 saturated heterocycles. The molecule has 8 heteroatoms. The van der Waals surface area contributed by atoms with Crippen molar-refractivity contribution < 1.29 is 9.53 Å². The van der Waals surface area contributed by atoms with E-state index in [2.05, 4.69) is 53.2 Å². The molecule has 1 aromatic carbocycles. The number of nitrogens with zero attached hydrogens (tertiary/aromatic N) is 5. The molecule has 8 nitrogen and oxygen atoms in total. The highest BCUT2D eigenvalue weighted by Crippen LogP contribution is 2.28. The summed E-state index contributed by atoms with van der Waals surface area (Å²) < 4.78 is 5.19. The molecule has 2 aromatic rings. The molecule has 0 radical (unpaired) electrons. The highest BCUT2D eigenvalue weighted by Gasteiger charge is 2.24. The van der Waals surface area contributed by atoms with Crippen molar-refractivity contribution in [3.05, 3.63) is 53.0 Å². The summed E-state index contributed by atoms with van der Waals surface area (Å²) in [5.41, 5.74) is 5.54. The molecule has 0 aliphatic carbocycles. The number of hydrogen-bond acceptors (Lipinski definition) is 7. The van der Waals surface area contributed by atoms with Gasteiger partial charge in [0.05, 0.1) is 6.61 Å². The summed E-state index contributed by atoms with van der Waals surface area (Å²) in [6.45, 7) is 12.6. The Hall–Kier alpha value is -3.02. The number of amides is 1. The maximum Gasteiger partial charge on any atom is 0.269 e. The summed E-state index contributed by atoms with van der Waals surface area (Å²) in [5.74, 6) is 0.918. The molecular formula is C26H36N6O2. The molecule has 34 heavy (non-hydrogen) atoms. The molecule has 2 heterocycles. The number of carbonyl (C=O) groups excluding carboxylic acids is 1. The van der Waals surface area contributed by atoms with E-state index in [9.17, 15) is 10.1 Å². The molecular weight excluding hydrogens is 428 g/mol. The van der Waals surface area contributed by atoms with E-state index in [0.29, 0.717) is 23.8 Å². The van der Waals surface area contributed by atoms with Gasteiger partial charge in [-0.25, -0.2) is 4.98 Å². The lowest BCUT2D eigenvalue weighted by Crippen LogP contribution is -2.47. The molecule has 0 bridgehead atoms. The van der Waals surface area contributed by atoms with Gasteiger partial charge in [-0.15, -0.1) is 0 Å². The lowest BCUT2D eigenvalue weighted by Gasteiger charge is -2.32. The Morgan fingerprint density at radius 2 is 1.94 bits per heavy atom. The monoisotopic (exact) mass is 464 g/mol. The molecule has 1 amide bonds. The van der Waals surface area contributed by atoms with Crippen LogP contribution in [0.2, 0.25) is 0 Å². The van der Waals surface area contributed by atoms with E-state index in [1.54, 1.807) is 18.3 Å². The maximum atomic E-state index is 13.1. The number of benzene rings is 1. The first-order valence-corrected chi connectivity index (χ1v) is 11.8. The molecule has 0 spiro atoms. The Balaban J connectivity index is 1.70. The molecule has 0 atom stereocenters. The van der Waals surface area contributed by atoms with Crippen LogP contribution in [0.4, 0.5) is 5.82 Å². The standard InChI is InChI=1S/C26H36N6O2/c1-19-17-28-23(16-27)29-24(19)32(18-26(2,3)4)30-25(33)22-8-6-20(7-9-22)21-10-12-31(13-11-21)14-15-34-5/h6-9,17,21H,10-15,18H2,1-5H3,(H,30,33). The molecule has 1 aromatic heterocycles. The molecule has 1 fully saturated rings. The molecule has 1 N–H and O–H groups in total. The minimum Gasteiger partial charge on any atom is -0.383 e. The highest BCUT2D eigenvalue weighted by molar-refractivity contribution is 5.95. The molecule has 182 valence electrons. The van der Waals surface area contributed by atoms with E-state index in [1.165, 1.54) is 5.56 Å². The summed E-state index contributed by atoms with van der Waals surface area (Å²) in [6, 6.07) is 9.91. The van der Waals surface area contributed by atoms with Gasteiger partial charge in [0.15, 0.2) is 5.82 Å². The quantitative estimate of drug-likeness (QED) is 0.596. The van der Waals surface area contributed by atoms with Crippen LogP contribution >= 0.6 is 0 Å². The second kappa shape index (κ2) is 11.4. The van der Waals surface area contributed by atoms with Crippen molar-refractivity contribution in [3.8, 4) is 6.07 Å². The van der Waals surface area contributed by atoms with Crippen molar-refractivity contribution in [3.63, 3.8) is 0 Å². The average molecular weight is 465 g/mol. The van der Waals surface area contributed by atoms with Gasteiger partial charge in [-0.1, -0.05) is 32.9 Å². The van der Waals surface area contributed by atoms with Gasteiger partial charge in [-0.3, -0.25) is 15.2 Å². The summed E-state index contributed by atoms with van der Waals surface area (Å²) in [5, 5.41) is 11.0. The SMILES string of the molecule is COCCN1CCC(c2ccc(C(=O)NN(CC(C)(C)C)c3nc(C#N)ncc3C)cc2)CC1. The summed E-state index contributed by atoms with van der Waals surface area (Å²) in [6.07, 6.45) is 3.84. The van der Waals surface area contributed by atoms with Crippen molar-refractivity contribution in [1.82, 2.24) is 20.3 Å². The topological polar surface area (TPSA) is 94.4 Å². The minimum atomic E-state index is -0.207. The zero-order valence-corrected chi connectivity index (χ0v) is 21.0. The van der Waals surface area contributed by atoms with E-state index in [0.717, 1.165) is 44.6 Å². The Morgan fingerprint density at radius 3 is 2.53 bits per heavy atom. The Bertz CT molecular complexity index is 1000. The predicted molar refractivity (Wildman–Crippen MR) is 132 cm³/mol.